The Morgan fingerprint density at radius 1 is 0.972 bits per heavy atom. The fraction of sp³-hybridized carbons (Fsp3) is 0.207. The Labute approximate surface area is 209 Å². The molecule has 0 saturated carbocycles. The molecule has 7 nitrogen and oxygen atoms in total. The molecule has 7 heteroatoms. The van der Waals surface area contributed by atoms with Crippen LogP contribution in [0, 0.1) is 11.3 Å². The van der Waals surface area contributed by atoms with Crippen LogP contribution in [0.5, 0.6) is 5.75 Å². The summed E-state index contributed by atoms with van der Waals surface area (Å²) >= 11 is 0. The average Bonchev–Trinajstić information content (AvgIpc) is 3.30. The second-order valence-electron chi connectivity index (χ2n) is 8.20. The van der Waals surface area contributed by atoms with Gasteiger partial charge in [0.05, 0.1) is 19.6 Å². The van der Waals surface area contributed by atoms with Crippen LogP contribution in [-0.2, 0) is 20.7 Å². The number of anilines is 1. The maximum atomic E-state index is 12.8. The molecule has 0 aliphatic carbocycles. The molecule has 0 aliphatic heterocycles. The number of ether oxygens (including phenoxy) is 2. The molecule has 0 atom stereocenters. The number of methoxy groups -OCH3 is 1. The Hall–Kier alpha value is -4.57. The predicted molar refractivity (Wildman–Crippen MR) is 139 cm³/mol. The molecule has 36 heavy (non-hydrogen) atoms. The molecule has 182 valence electrons. The SMILES string of the molecule is COc1ccc(-c2[nH]c3ccccc3c2CCC(=O)OCC(=O)N(CCC#N)c2ccccc2)cc1. The van der Waals surface area contributed by atoms with Gasteiger partial charge in [-0.15, -0.1) is 0 Å². The standard InChI is InChI=1S/C29H27N3O4/c1-35-23-14-12-21(13-15-23)29-25(24-10-5-6-11-26(24)31-29)16-17-28(34)36-20-27(33)32(19-7-18-30)22-8-3-2-4-9-22/h2-6,8-15,31H,7,16-17,19-20H2,1H3. The zero-order valence-corrected chi connectivity index (χ0v) is 20.1. The number of carbonyl (C=O) groups is 2. The molecular formula is C29H27N3O4. The van der Waals surface area contributed by atoms with Crippen molar-refractivity contribution in [3.05, 3.63) is 84.4 Å². The molecule has 1 N–H and O–H groups in total. The van der Waals surface area contributed by atoms with E-state index in [1.165, 1.54) is 4.90 Å². The lowest BCUT2D eigenvalue weighted by molar-refractivity contribution is -0.147. The summed E-state index contributed by atoms with van der Waals surface area (Å²) in [6.45, 7) is -0.143. The van der Waals surface area contributed by atoms with E-state index in [1.807, 2.05) is 66.7 Å². The van der Waals surface area contributed by atoms with E-state index in [-0.39, 0.29) is 31.9 Å². The second kappa shape index (κ2) is 11.7. The Kier molecular flexibility index (Phi) is 7.99. The van der Waals surface area contributed by atoms with Crippen LogP contribution in [0.4, 0.5) is 5.69 Å². The zero-order chi connectivity index (χ0) is 25.3. The summed E-state index contributed by atoms with van der Waals surface area (Å²) in [7, 11) is 1.63. The van der Waals surface area contributed by atoms with Crippen LogP contribution < -0.4 is 9.64 Å². The highest BCUT2D eigenvalue weighted by atomic mass is 16.5. The molecule has 0 radical (unpaired) electrons. The number of aryl methyl sites for hydroxylation is 1. The average molecular weight is 482 g/mol. The van der Waals surface area contributed by atoms with Gasteiger partial charge in [0.2, 0.25) is 0 Å². The molecule has 0 unspecified atom stereocenters. The highest BCUT2D eigenvalue weighted by Gasteiger charge is 2.19. The number of rotatable bonds is 10. The first-order valence-corrected chi connectivity index (χ1v) is 11.7. The minimum Gasteiger partial charge on any atom is -0.497 e. The number of nitrogens with one attached hydrogen (secondary N) is 1. The number of aromatic nitrogens is 1. The lowest BCUT2D eigenvalue weighted by atomic mass is 10.0. The summed E-state index contributed by atoms with van der Waals surface area (Å²) < 4.78 is 10.6. The smallest absolute Gasteiger partial charge is 0.306 e. The summed E-state index contributed by atoms with van der Waals surface area (Å²) in [5, 5.41) is 9.99. The van der Waals surface area contributed by atoms with Crippen molar-refractivity contribution in [2.45, 2.75) is 19.3 Å². The molecule has 0 spiro atoms. The summed E-state index contributed by atoms with van der Waals surface area (Å²) in [5.41, 5.74) is 4.59. The number of nitrogens with zero attached hydrogens (tertiary/aromatic N) is 2. The van der Waals surface area contributed by atoms with Gasteiger partial charge in [0.15, 0.2) is 6.61 Å². The van der Waals surface area contributed by atoms with Gasteiger partial charge >= 0.3 is 5.97 Å². The molecule has 4 aromatic rings. The van der Waals surface area contributed by atoms with Crippen molar-refractivity contribution >= 4 is 28.5 Å². The van der Waals surface area contributed by atoms with Crippen molar-refractivity contribution in [3.8, 4) is 23.1 Å². The highest BCUT2D eigenvalue weighted by Crippen LogP contribution is 2.32. The van der Waals surface area contributed by atoms with E-state index in [2.05, 4.69) is 11.1 Å². The van der Waals surface area contributed by atoms with Gasteiger partial charge in [-0.3, -0.25) is 9.59 Å². The van der Waals surface area contributed by atoms with Gasteiger partial charge < -0.3 is 19.4 Å². The maximum Gasteiger partial charge on any atom is 0.306 e. The first kappa shape index (κ1) is 24.6. The van der Waals surface area contributed by atoms with Gasteiger partial charge in [0.25, 0.3) is 5.91 Å². The molecule has 0 bridgehead atoms. The quantitative estimate of drug-likeness (QED) is 0.312. The molecule has 1 aromatic heterocycles. The number of H-pyrrole nitrogens is 1. The number of hydrogen-bond acceptors (Lipinski definition) is 5. The first-order chi connectivity index (χ1) is 17.6. The van der Waals surface area contributed by atoms with Gasteiger partial charge in [-0.25, -0.2) is 0 Å². The van der Waals surface area contributed by atoms with Gasteiger partial charge in [-0.05, 0) is 60.0 Å². The third-order valence-electron chi connectivity index (χ3n) is 5.94. The lowest BCUT2D eigenvalue weighted by Crippen LogP contribution is -2.35. The molecule has 0 fully saturated rings. The van der Waals surface area contributed by atoms with Crippen molar-refractivity contribution in [2.75, 3.05) is 25.2 Å². The fourth-order valence-corrected chi connectivity index (χ4v) is 4.15. The van der Waals surface area contributed by atoms with Crippen LogP contribution in [0.25, 0.3) is 22.2 Å². The van der Waals surface area contributed by atoms with E-state index in [9.17, 15) is 9.59 Å². The molecule has 1 amide bonds. The van der Waals surface area contributed by atoms with Crippen LogP contribution in [0.15, 0.2) is 78.9 Å². The third-order valence-corrected chi connectivity index (χ3v) is 5.94. The number of nitriles is 1. The van der Waals surface area contributed by atoms with Crippen LogP contribution in [-0.4, -0.2) is 37.1 Å². The number of fused-ring (bicyclic) bond motifs is 1. The van der Waals surface area contributed by atoms with Crippen molar-refractivity contribution in [2.24, 2.45) is 0 Å². The molecule has 4 rings (SSSR count). The second-order valence-corrected chi connectivity index (χ2v) is 8.20. The summed E-state index contributed by atoms with van der Waals surface area (Å²) in [5.74, 6) is -0.0533. The van der Waals surface area contributed by atoms with Crippen molar-refractivity contribution < 1.29 is 19.1 Å². The topological polar surface area (TPSA) is 95.4 Å². The number of hydrogen-bond donors (Lipinski definition) is 1. The molecule has 0 aliphatic rings. The fourth-order valence-electron chi connectivity index (χ4n) is 4.15. The maximum absolute atomic E-state index is 12.8. The number of amides is 1. The van der Waals surface area contributed by atoms with E-state index in [0.717, 1.165) is 33.5 Å². The van der Waals surface area contributed by atoms with Crippen LogP contribution in [0.1, 0.15) is 18.4 Å². The molecular weight excluding hydrogens is 454 g/mol. The minimum absolute atomic E-state index is 0.127. The summed E-state index contributed by atoms with van der Waals surface area (Å²) in [6, 6.07) is 26.8. The van der Waals surface area contributed by atoms with Crippen molar-refractivity contribution in [1.29, 1.82) is 5.26 Å². The Balaban J connectivity index is 1.44. The van der Waals surface area contributed by atoms with E-state index >= 15 is 0 Å². The summed E-state index contributed by atoms with van der Waals surface area (Å²) in [6.07, 6.45) is 0.764. The van der Waals surface area contributed by atoms with Crippen molar-refractivity contribution in [1.82, 2.24) is 4.98 Å². The van der Waals surface area contributed by atoms with Crippen LogP contribution in [0.3, 0.4) is 0 Å². The lowest BCUT2D eigenvalue weighted by Gasteiger charge is -2.21. The predicted octanol–water partition coefficient (Wildman–Crippen LogP) is 5.27. The van der Waals surface area contributed by atoms with Crippen LogP contribution in [0.2, 0.25) is 0 Å². The van der Waals surface area contributed by atoms with E-state index in [4.69, 9.17) is 14.7 Å². The Bertz CT molecular complexity index is 1370. The van der Waals surface area contributed by atoms with Gasteiger partial charge in [-0.2, -0.15) is 5.26 Å². The third kappa shape index (κ3) is 5.73. The monoisotopic (exact) mass is 481 g/mol. The Morgan fingerprint density at radius 2 is 1.69 bits per heavy atom. The number of para-hydroxylation sites is 2. The molecule has 3 aromatic carbocycles. The first-order valence-electron chi connectivity index (χ1n) is 11.7. The molecule has 0 saturated heterocycles. The molecule has 1 heterocycles. The largest absolute Gasteiger partial charge is 0.497 e. The van der Waals surface area contributed by atoms with E-state index in [0.29, 0.717) is 12.1 Å². The normalized spacial score (nSPS) is 10.6. The van der Waals surface area contributed by atoms with Gasteiger partial charge in [-0.1, -0.05) is 36.4 Å². The minimum atomic E-state index is -0.456. The number of carbonyl (C=O) groups excluding carboxylic acids is 2. The number of benzene rings is 3. The van der Waals surface area contributed by atoms with Gasteiger partial charge in [0, 0.05) is 35.2 Å². The van der Waals surface area contributed by atoms with Gasteiger partial charge in [0.1, 0.15) is 5.75 Å². The Morgan fingerprint density at radius 3 is 2.42 bits per heavy atom. The van der Waals surface area contributed by atoms with Crippen LogP contribution >= 0.6 is 0 Å². The zero-order valence-electron chi connectivity index (χ0n) is 20.1. The van der Waals surface area contributed by atoms with E-state index in [1.54, 1.807) is 19.2 Å². The van der Waals surface area contributed by atoms with Crippen molar-refractivity contribution in [3.63, 3.8) is 0 Å². The summed E-state index contributed by atoms with van der Waals surface area (Å²) in [4.78, 5) is 30.3. The highest BCUT2D eigenvalue weighted by molar-refractivity contribution is 5.95. The number of aromatic amines is 1. The van der Waals surface area contributed by atoms with E-state index < -0.39 is 5.97 Å². The number of esters is 1.